The zero-order valence-electron chi connectivity index (χ0n) is 13.6. The van der Waals surface area contributed by atoms with E-state index in [0.29, 0.717) is 23.7 Å². The fraction of sp³-hybridized carbons (Fsp3) is 0.471. The predicted molar refractivity (Wildman–Crippen MR) is 85.3 cm³/mol. The molecule has 0 spiro atoms. The number of carbonyl (C=O) groups excluding carboxylic acids is 1. The van der Waals surface area contributed by atoms with Crippen molar-refractivity contribution in [3.05, 3.63) is 30.0 Å². The number of alkyl halides is 2. The molecule has 1 aromatic heterocycles. The molecule has 1 fully saturated rings. The van der Waals surface area contributed by atoms with E-state index in [0.717, 1.165) is 5.39 Å². The molecule has 0 radical (unpaired) electrons. The quantitative estimate of drug-likeness (QED) is 0.880. The van der Waals surface area contributed by atoms with E-state index < -0.39 is 36.9 Å². The number of rotatable bonds is 5. The third kappa shape index (κ3) is 3.36. The average molecular weight is 338 g/mol. The summed E-state index contributed by atoms with van der Waals surface area (Å²) in [5.41, 5.74) is 0.612. The normalized spacial score (nSPS) is 20.9. The van der Waals surface area contributed by atoms with Crippen LogP contribution < -0.4 is 15.4 Å². The second-order valence-corrected chi connectivity index (χ2v) is 5.98. The van der Waals surface area contributed by atoms with Gasteiger partial charge in [-0.2, -0.15) is 0 Å². The SMILES string of the molecule is CCOc1cccc2cc(C(C)NC(=O)C3CC(F)(F)CN3)oc12. The number of halogens is 2. The monoisotopic (exact) mass is 338 g/mol. The van der Waals surface area contributed by atoms with Crippen molar-refractivity contribution in [1.82, 2.24) is 10.6 Å². The molecule has 24 heavy (non-hydrogen) atoms. The molecular formula is C17H20F2N2O3. The lowest BCUT2D eigenvalue weighted by atomic mass is 10.1. The minimum atomic E-state index is -2.84. The largest absolute Gasteiger partial charge is 0.490 e. The van der Waals surface area contributed by atoms with Crippen molar-refractivity contribution in [2.75, 3.05) is 13.2 Å². The van der Waals surface area contributed by atoms with Gasteiger partial charge in [0.05, 0.1) is 25.2 Å². The molecule has 2 aromatic rings. The Bertz CT molecular complexity index is 745. The predicted octanol–water partition coefficient (Wildman–Crippen LogP) is 3.01. The molecule has 130 valence electrons. The summed E-state index contributed by atoms with van der Waals surface area (Å²) in [5.74, 6) is -2.10. The van der Waals surface area contributed by atoms with Crippen molar-refractivity contribution < 1.29 is 22.7 Å². The molecule has 1 amide bonds. The number of furan rings is 1. The van der Waals surface area contributed by atoms with Gasteiger partial charge in [0.1, 0.15) is 5.76 Å². The molecule has 7 heteroatoms. The van der Waals surface area contributed by atoms with E-state index in [1.807, 2.05) is 31.2 Å². The van der Waals surface area contributed by atoms with Crippen LogP contribution in [-0.2, 0) is 4.79 Å². The smallest absolute Gasteiger partial charge is 0.262 e. The maximum Gasteiger partial charge on any atom is 0.262 e. The fourth-order valence-corrected chi connectivity index (χ4v) is 2.82. The molecule has 5 nitrogen and oxygen atoms in total. The summed E-state index contributed by atoms with van der Waals surface area (Å²) in [6, 6.07) is 6.06. The molecular weight excluding hydrogens is 318 g/mol. The molecule has 0 bridgehead atoms. The highest BCUT2D eigenvalue weighted by Crippen LogP contribution is 2.31. The molecule has 2 N–H and O–H groups in total. The first-order valence-corrected chi connectivity index (χ1v) is 7.96. The summed E-state index contributed by atoms with van der Waals surface area (Å²) in [6.45, 7) is 3.68. The van der Waals surface area contributed by atoms with E-state index in [9.17, 15) is 13.6 Å². The van der Waals surface area contributed by atoms with Crippen LogP contribution in [0.1, 0.15) is 32.1 Å². The van der Waals surface area contributed by atoms with Crippen LogP contribution in [0.25, 0.3) is 11.0 Å². The molecule has 0 aliphatic carbocycles. The van der Waals surface area contributed by atoms with Crippen LogP contribution in [0.3, 0.4) is 0 Å². The number of nitrogens with one attached hydrogen (secondary N) is 2. The van der Waals surface area contributed by atoms with Crippen molar-refractivity contribution in [2.45, 2.75) is 38.3 Å². The van der Waals surface area contributed by atoms with Crippen molar-refractivity contribution in [3.8, 4) is 5.75 Å². The van der Waals surface area contributed by atoms with Crippen molar-refractivity contribution in [1.29, 1.82) is 0 Å². The second-order valence-electron chi connectivity index (χ2n) is 5.98. The van der Waals surface area contributed by atoms with Gasteiger partial charge in [0, 0.05) is 11.8 Å². The third-order valence-electron chi connectivity index (χ3n) is 4.04. The third-order valence-corrected chi connectivity index (χ3v) is 4.04. The number of hydrogen-bond acceptors (Lipinski definition) is 4. The van der Waals surface area contributed by atoms with Gasteiger partial charge in [0.25, 0.3) is 5.92 Å². The van der Waals surface area contributed by atoms with Gasteiger partial charge in [-0.3, -0.25) is 10.1 Å². The minimum Gasteiger partial charge on any atom is -0.490 e. The van der Waals surface area contributed by atoms with Crippen LogP contribution in [-0.4, -0.2) is 31.0 Å². The lowest BCUT2D eigenvalue weighted by Crippen LogP contribution is -2.41. The zero-order chi connectivity index (χ0) is 17.3. The van der Waals surface area contributed by atoms with E-state index in [1.54, 1.807) is 6.92 Å². The van der Waals surface area contributed by atoms with Crippen LogP contribution in [0.15, 0.2) is 28.7 Å². The van der Waals surface area contributed by atoms with Gasteiger partial charge < -0.3 is 14.5 Å². The summed E-state index contributed by atoms with van der Waals surface area (Å²) in [6.07, 6.45) is -0.486. The first-order valence-electron chi connectivity index (χ1n) is 7.96. The van der Waals surface area contributed by atoms with Gasteiger partial charge >= 0.3 is 0 Å². The van der Waals surface area contributed by atoms with E-state index in [4.69, 9.17) is 9.15 Å². The molecule has 3 rings (SSSR count). The Kier molecular flexibility index (Phi) is 4.45. The number of carbonyl (C=O) groups is 1. The summed E-state index contributed by atoms with van der Waals surface area (Å²) < 4.78 is 37.7. The molecule has 1 aliphatic rings. The Morgan fingerprint density at radius 3 is 3.00 bits per heavy atom. The lowest BCUT2D eigenvalue weighted by Gasteiger charge is -2.15. The number of ether oxygens (including phenoxy) is 1. The van der Waals surface area contributed by atoms with Crippen molar-refractivity contribution in [2.24, 2.45) is 0 Å². The van der Waals surface area contributed by atoms with Crippen LogP contribution in [0.4, 0.5) is 8.78 Å². The van der Waals surface area contributed by atoms with Gasteiger partial charge in [-0.1, -0.05) is 12.1 Å². The summed E-state index contributed by atoms with van der Waals surface area (Å²) in [4.78, 5) is 12.1. The summed E-state index contributed by atoms with van der Waals surface area (Å²) in [7, 11) is 0. The van der Waals surface area contributed by atoms with Gasteiger partial charge in [-0.05, 0) is 26.0 Å². The van der Waals surface area contributed by atoms with Gasteiger partial charge in [-0.15, -0.1) is 0 Å². The standard InChI is InChI=1S/C17H20F2N2O3/c1-3-23-13-6-4-5-11-7-14(24-15(11)13)10(2)21-16(22)12-8-17(18,19)9-20-12/h4-7,10,12,20H,3,8-9H2,1-2H3,(H,21,22). The maximum atomic E-state index is 13.2. The summed E-state index contributed by atoms with van der Waals surface area (Å²) >= 11 is 0. The Balaban J connectivity index is 1.73. The number of para-hydroxylation sites is 1. The lowest BCUT2D eigenvalue weighted by molar-refractivity contribution is -0.124. The number of amides is 1. The number of benzene rings is 1. The number of fused-ring (bicyclic) bond motifs is 1. The highest BCUT2D eigenvalue weighted by molar-refractivity contribution is 5.85. The van der Waals surface area contributed by atoms with Crippen LogP contribution in [0, 0.1) is 0 Å². The molecule has 1 aliphatic heterocycles. The van der Waals surface area contributed by atoms with Gasteiger partial charge in [0.2, 0.25) is 5.91 Å². The first kappa shape index (κ1) is 16.7. The zero-order valence-corrected chi connectivity index (χ0v) is 13.6. The van der Waals surface area contributed by atoms with Crippen molar-refractivity contribution >= 4 is 16.9 Å². The van der Waals surface area contributed by atoms with E-state index in [1.165, 1.54) is 0 Å². The summed E-state index contributed by atoms with van der Waals surface area (Å²) in [5, 5.41) is 6.13. The molecule has 2 unspecified atom stereocenters. The van der Waals surface area contributed by atoms with Crippen molar-refractivity contribution in [3.63, 3.8) is 0 Å². The highest BCUT2D eigenvalue weighted by Gasteiger charge is 2.42. The first-order chi connectivity index (χ1) is 11.4. The van der Waals surface area contributed by atoms with Crippen LogP contribution in [0.2, 0.25) is 0 Å². The van der Waals surface area contributed by atoms with Gasteiger partial charge in [0.15, 0.2) is 11.3 Å². The van der Waals surface area contributed by atoms with E-state index in [2.05, 4.69) is 10.6 Å². The Morgan fingerprint density at radius 2 is 2.33 bits per heavy atom. The number of hydrogen-bond donors (Lipinski definition) is 2. The molecule has 2 heterocycles. The second kappa shape index (κ2) is 6.39. The van der Waals surface area contributed by atoms with Crippen LogP contribution in [0.5, 0.6) is 5.75 Å². The highest BCUT2D eigenvalue weighted by atomic mass is 19.3. The minimum absolute atomic E-state index is 0.435. The van der Waals surface area contributed by atoms with Gasteiger partial charge in [-0.25, -0.2) is 8.78 Å². The molecule has 1 aromatic carbocycles. The Morgan fingerprint density at radius 1 is 1.54 bits per heavy atom. The molecule has 0 saturated carbocycles. The Hall–Kier alpha value is -2.15. The Labute approximate surface area is 138 Å². The van der Waals surface area contributed by atoms with E-state index in [-0.39, 0.29) is 0 Å². The molecule has 2 atom stereocenters. The van der Waals surface area contributed by atoms with Crippen LogP contribution >= 0.6 is 0 Å². The maximum absolute atomic E-state index is 13.2. The fourth-order valence-electron chi connectivity index (χ4n) is 2.82. The van der Waals surface area contributed by atoms with E-state index >= 15 is 0 Å². The molecule has 1 saturated heterocycles. The topological polar surface area (TPSA) is 63.5 Å². The average Bonchev–Trinajstić information content (AvgIpc) is 3.11.